The molecule has 1 amide bonds. The molecule has 0 unspecified atom stereocenters. The summed E-state index contributed by atoms with van der Waals surface area (Å²) in [5.41, 5.74) is -0.514. The van der Waals surface area contributed by atoms with Gasteiger partial charge in [-0.2, -0.15) is 5.26 Å². The molecule has 8 heteroatoms. The van der Waals surface area contributed by atoms with Gasteiger partial charge in [0.05, 0.1) is 5.02 Å². The van der Waals surface area contributed by atoms with E-state index in [1.54, 1.807) is 0 Å². The first-order valence-electron chi connectivity index (χ1n) is 5.65. The first kappa shape index (κ1) is 14.8. The minimum atomic E-state index is -1.09. The summed E-state index contributed by atoms with van der Waals surface area (Å²) in [6.07, 6.45) is 0.922. The number of aromatic nitrogens is 2. The quantitative estimate of drug-likeness (QED) is 0.943. The maximum Gasteiger partial charge on any atom is 0.273 e. The Labute approximate surface area is 123 Å². The number of nitriles is 1. The molecule has 1 aromatic carbocycles. The summed E-state index contributed by atoms with van der Waals surface area (Å²) < 4.78 is 26.7. The number of carbonyl (C=O) groups is 1. The van der Waals surface area contributed by atoms with E-state index in [0.29, 0.717) is 5.56 Å². The van der Waals surface area contributed by atoms with E-state index in [-0.39, 0.29) is 11.6 Å². The van der Waals surface area contributed by atoms with Gasteiger partial charge in [-0.1, -0.05) is 17.7 Å². The lowest BCUT2D eigenvalue weighted by Crippen LogP contribution is -2.25. The summed E-state index contributed by atoms with van der Waals surface area (Å²) >= 11 is 5.61. The molecule has 5 nitrogen and oxygen atoms in total. The van der Waals surface area contributed by atoms with Gasteiger partial charge in [0.2, 0.25) is 0 Å². The van der Waals surface area contributed by atoms with Crippen LogP contribution >= 0.6 is 11.6 Å². The maximum absolute atomic E-state index is 13.7. The molecule has 1 aromatic heterocycles. The Hall–Kier alpha value is -2.59. The average molecular weight is 309 g/mol. The molecule has 0 radical (unpaired) electrons. The summed E-state index contributed by atoms with van der Waals surface area (Å²) in [6, 6.07) is 5.44. The second-order valence-corrected chi connectivity index (χ2v) is 4.34. The van der Waals surface area contributed by atoms with Crippen molar-refractivity contribution in [1.82, 2.24) is 15.3 Å². The van der Waals surface area contributed by atoms with Gasteiger partial charge < -0.3 is 5.32 Å². The summed E-state index contributed by atoms with van der Waals surface area (Å²) in [4.78, 5) is 18.7. The lowest BCUT2D eigenvalue weighted by molar-refractivity contribution is 0.0941. The molecule has 2 aromatic rings. The van der Waals surface area contributed by atoms with Crippen LogP contribution in [0, 0.1) is 23.0 Å². The van der Waals surface area contributed by atoms with E-state index >= 15 is 0 Å². The van der Waals surface area contributed by atoms with Crippen molar-refractivity contribution in [2.24, 2.45) is 0 Å². The van der Waals surface area contributed by atoms with Crippen molar-refractivity contribution in [3.8, 4) is 6.07 Å². The van der Waals surface area contributed by atoms with Crippen molar-refractivity contribution >= 4 is 17.5 Å². The number of nitrogens with one attached hydrogen (secondary N) is 1. The van der Waals surface area contributed by atoms with Crippen LogP contribution in [-0.2, 0) is 6.54 Å². The minimum Gasteiger partial charge on any atom is -0.347 e. The molecule has 0 saturated carbocycles. The summed E-state index contributed by atoms with van der Waals surface area (Å²) in [5.74, 6) is -2.48. The standard InChI is InChI=1S/C13H7ClF2N4O/c14-8-3-7(1-2-9(8)15)5-18-13(21)12-11(16)10(4-17)19-6-20-12/h1-3,6H,5H2,(H,18,21). The van der Waals surface area contributed by atoms with Gasteiger partial charge in [-0.05, 0) is 17.7 Å². The predicted molar refractivity (Wildman–Crippen MR) is 69.3 cm³/mol. The molecule has 0 aliphatic carbocycles. The average Bonchev–Trinajstić information content (AvgIpc) is 2.48. The maximum atomic E-state index is 13.7. The van der Waals surface area contributed by atoms with Gasteiger partial charge in [0.15, 0.2) is 17.2 Å². The SMILES string of the molecule is N#Cc1ncnc(C(=O)NCc2ccc(F)c(Cl)c2)c1F. The van der Waals surface area contributed by atoms with Gasteiger partial charge in [0.1, 0.15) is 18.2 Å². The highest BCUT2D eigenvalue weighted by molar-refractivity contribution is 6.30. The minimum absolute atomic E-state index is 0.00413. The lowest BCUT2D eigenvalue weighted by atomic mass is 10.2. The summed E-state index contributed by atoms with van der Waals surface area (Å²) in [6.45, 7) is 0.00413. The molecule has 2 rings (SSSR count). The smallest absolute Gasteiger partial charge is 0.273 e. The number of carbonyl (C=O) groups excluding carboxylic acids is 1. The zero-order chi connectivity index (χ0) is 15.4. The predicted octanol–water partition coefficient (Wildman–Crippen LogP) is 2.21. The Balaban J connectivity index is 2.12. The third-order valence-corrected chi connectivity index (χ3v) is 2.84. The Morgan fingerprint density at radius 2 is 2.14 bits per heavy atom. The molecule has 21 heavy (non-hydrogen) atoms. The fourth-order valence-electron chi connectivity index (χ4n) is 1.52. The van der Waals surface area contributed by atoms with E-state index in [9.17, 15) is 13.6 Å². The largest absolute Gasteiger partial charge is 0.347 e. The summed E-state index contributed by atoms with van der Waals surface area (Å²) in [5, 5.41) is 10.9. The van der Waals surface area contributed by atoms with Crippen LogP contribution in [0.3, 0.4) is 0 Å². The molecule has 0 fully saturated rings. The number of halogens is 3. The van der Waals surface area contributed by atoms with Crippen molar-refractivity contribution in [1.29, 1.82) is 5.26 Å². The molecule has 0 aliphatic heterocycles. The fraction of sp³-hybridized carbons (Fsp3) is 0.0769. The molecule has 106 valence electrons. The Bertz CT molecular complexity index is 745. The van der Waals surface area contributed by atoms with E-state index in [1.165, 1.54) is 18.2 Å². The second kappa shape index (κ2) is 6.24. The van der Waals surface area contributed by atoms with Crippen molar-refractivity contribution in [3.63, 3.8) is 0 Å². The number of rotatable bonds is 3. The highest BCUT2D eigenvalue weighted by Gasteiger charge is 2.17. The topological polar surface area (TPSA) is 78.7 Å². The first-order valence-corrected chi connectivity index (χ1v) is 6.03. The van der Waals surface area contributed by atoms with Gasteiger partial charge in [-0.3, -0.25) is 4.79 Å². The first-order chi connectivity index (χ1) is 10.0. The van der Waals surface area contributed by atoms with Crippen molar-refractivity contribution < 1.29 is 13.6 Å². The van der Waals surface area contributed by atoms with Crippen LogP contribution in [-0.4, -0.2) is 15.9 Å². The van der Waals surface area contributed by atoms with Crippen LogP contribution in [0.1, 0.15) is 21.7 Å². The van der Waals surface area contributed by atoms with Gasteiger partial charge in [-0.25, -0.2) is 18.7 Å². The molecule has 0 spiro atoms. The van der Waals surface area contributed by atoms with Crippen LogP contribution in [0.4, 0.5) is 8.78 Å². The van der Waals surface area contributed by atoms with Gasteiger partial charge in [0.25, 0.3) is 5.91 Å². The molecule has 1 heterocycles. The van der Waals surface area contributed by atoms with E-state index in [2.05, 4.69) is 15.3 Å². The van der Waals surface area contributed by atoms with Crippen LogP contribution in [0.5, 0.6) is 0 Å². The van der Waals surface area contributed by atoms with Crippen molar-refractivity contribution in [3.05, 3.63) is 58.1 Å². The number of nitrogens with zero attached hydrogens (tertiary/aromatic N) is 3. The van der Waals surface area contributed by atoms with Gasteiger partial charge in [0, 0.05) is 6.54 Å². The van der Waals surface area contributed by atoms with Crippen LogP contribution in [0.2, 0.25) is 5.02 Å². The lowest BCUT2D eigenvalue weighted by Gasteiger charge is -2.06. The molecule has 0 saturated heterocycles. The second-order valence-electron chi connectivity index (χ2n) is 3.93. The fourth-order valence-corrected chi connectivity index (χ4v) is 1.72. The highest BCUT2D eigenvalue weighted by atomic mass is 35.5. The molecule has 1 N–H and O–H groups in total. The Morgan fingerprint density at radius 1 is 1.38 bits per heavy atom. The van der Waals surface area contributed by atoms with Crippen LogP contribution in [0.15, 0.2) is 24.5 Å². The third-order valence-electron chi connectivity index (χ3n) is 2.55. The monoisotopic (exact) mass is 308 g/mol. The molecule has 0 aliphatic rings. The Kier molecular flexibility index (Phi) is 4.40. The number of amides is 1. The normalized spacial score (nSPS) is 10.0. The van der Waals surface area contributed by atoms with E-state index < -0.39 is 28.9 Å². The zero-order valence-corrected chi connectivity index (χ0v) is 11.2. The molecular weight excluding hydrogens is 302 g/mol. The van der Waals surface area contributed by atoms with E-state index in [1.807, 2.05) is 0 Å². The van der Waals surface area contributed by atoms with Gasteiger partial charge >= 0.3 is 0 Å². The van der Waals surface area contributed by atoms with Crippen molar-refractivity contribution in [2.75, 3.05) is 0 Å². The van der Waals surface area contributed by atoms with E-state index in [4.69, 9.17) is 16.9 Å². The Morgan fingerprint density at radius 3 is 2.81 bits per heavy atom. The number of benzene rings is 1. The van der Waals surface area contributed by atoms with E-state index in [0.717, 1.165) is 12.4 Å². The van der Waals surface area contributed by atoms with Crippen LogP contribution < -0.4 is 5.32 Å². The number of hydrogen-bond donors (Lipinski definition) is 1. The van der Waals surface area contributed by atoms with Crippen molar-refractivity contribution in [2.45, 2.75) is 6.54 Å². The number of hydrogen-bond acceptors (Lipinski definition) is 4. The highest BCUT2D eigenvalue weighted by Crippen LogP contribution is 2.16. The summed E-state index contributed by atoms with van der Waals surface area (Å²) in [7, 11) is 0. The molecular formula is C13H7ClF2N4O. The zero-order valence-electron chi connectivity index (χ0n) is 10.4. The third kappa shape index (κ3) is 3.30. The van der Waals surface area contributed by atoms with Gasteiger partial charge in [-0.15, -0.1) is 0 Å². The molecule has 0 bridgehead atoms. The molecule has 0 atom stereocenters. The van der Waals surface area contributed by atoms with Crippen LogP contribution in [0.25, 0.3) is 0 Å².